The van der Waals surface area contributed by atoms with Crippen LogP contribution in [-0.4, -0.2) is 5.71 Å². The molecule has 3 nitrogen and oxygen atoms in total. The summed E-state index contributed by atoms with van der Waals surface area (Å²) in [5, 5.41) is 4.77. The Morgan fingerprint density at radius 3 is 2.48 bits per heavy atom. The van der Waals surface area contributed by atoms with Crippen molar-refractivity contribution in [1.29, 1.82) is 0 Å². The Morgan fingerprint density at radius 2 is 1.78 bits per heavy atom. The molecule has 0 spiro atoms. The van der Waals surface area contributed by atoms with Crippen molar-refractivity contribution >= 4 is 17.1 Å². The third-order valence-corrected chi connectivity index (χ3v) is 4.55. The molecule has 0 atom stereocenters. The lowest BCUT2D eigenvalue weighted by Crippen LogP contribution is -2.21. The highest BCUT2D eigenvalue weighted by atomic mass is 15.3. The number of nitrogens with two attached hydrogens (primary N) is 1. The summed E-state index contributed by atoms with van der Waals surface area (Å²) < 4.78 is 0. The molecule has 3 rings (SSSR count). The largest absolute Gasteiger partial charge is 0.398 e. The van der Waals surface area contributed by atoms with Gasteiger partial charge in [-0.25, -0.2) is 0 Å². The van der Waals surface area contributed by atoms with Gasteiger partial charge in [-0.05, 0) is 43.5 Å². The Bertz CT molecular complexity index is 671. The Balaban J connectivity index is 1.92. The lowest BCUT2D eigenvalue weighted by atomic mass is 9.83. The van der Waals surface area contributed by atoms with E-state index in [1.54, 1.807) is 0 Å². The van der Waals surface area contributed by atoms with Crippen molar-refractivity contribution in [3.05, 3.63) is 59.7 Å². The number of benzene rings is 2. The number of anilines is 2. The summed E-state index contributed by atoms with van der Waals surface area (Å²) in [6, 6.07) is 16.4. The van der Waals surface area contributed by atoms with Gasteiger partial charge < -0.3 is 5.73 Å². The molecule has 2 aromatic carbocycles. The van der Waals surface area contributed by atoms with Gasteiger partial charge >= 0.3 is 0 Å². The first-order chi connectivity index (χ1) is 11.2. The van der Waals surface area contributed by atoms with Crippen molar-refractivity contribution in [2.24, 2.45) is 11.0 Å². The van der Waals surface area contributed by atoms with Gasteiger partial charge in [-0.2, -0.15) is 5.10 Å². The average molecular weight is 307 g/mol. The molecule has 0 heterocycles. The summed E-state index contributed by atoms with van der Waals surface area (Å²) in [5.41, 5.74) is 14.7. The monoisotopic (exact) mass is 307 g/mol. The Morgan fingerprint density at radius 1 is 1.04 bits per heavy atom. The second kappa shape index (κ2) is 7.32. The van der Waals surface area contributed by atoms with Gasteiger partial charge in [0.15, 0.2) is 0 Å². The van der Waals surface area contributed by atoms with Crippen LogP contribution in [0.15, 0.2) is 53.6 Å². The number of aryl methyl sites for hydroxylation is 1. The normalized spacial score (nSPS) is 16.3. The molecule has 0 unspecified atom stereocenters. The van der Waals surface area contributed by atoms with Gasteiger partial charge in [-0.15, -0.1) is 0 Å². The number of para-hydroxylation sites is 1. The lowest BCUT2D eigenvalue weighted by molar-refractivity contribution is 0.439. The molecule has 23 heavy (non-hydrogen) atoms. The van der Waals surface area contributed by atoms with Gasteiger partial charge in [0, 0.05) is 17.2 Å². The van der Waals surface area contributed by atoms with Gasteiger partial charge in [-0.1, -0.05) is 49.6 Å². The number of hydrogen-bond donors (Lipinski definition) is 2. The zero-order valence-corrected chi connectivity index (χ0v) is 13.8. The maximum absolute atomic E-state index is 6.29. The van der Waals surface area contributed by atoms with E-state index >= 15 is 0 Å². The van der Waals surface area contributed by atoms with Gasteiger partial charge in [0.25, 0.3) is 0 Å². The van der Waals surface area contributed by atoms with Crippen molar-refractivity contribution in [1.82, 2.24) is 0 Å². The van der Waals surface area contributed by atoms with E-state index in [0.29, 0.717) is 5.92 Å². The summed E-state index contributed by atoms with van der Waals surface area (Å²) in [4.78, 5) is 0. The lowest BCUT2D eigenvalue weighted by Gasteiger charge is -2.24. The molecule has 0 saturated heterocycles. The topological polar surface area (TPSA) is 50.4 Å². The van der Waals surface area contributed by atoms with E-state index in [0.717, 1.165) is 22.6 Å². The molecular formula is C20H25N3. The van der Waals surface area contributed by atoms with E-state index in [9.17, 15) is 0 Å². The molecule has 1 aliphatic carbocycles. The fraction of sp³-hybridized carbons (Fsp3) is 0.350. The fourth-order valence-corrected chi connectivity index (χ4v) is 3.30. The van der Waals surface area contributed by atoms with Crippen LogP contribution in [0.4, 0.5) is 11.4 Å². The predicted octanol–water partition coefficient (Wildman–Crippen LogP) is 4.97. The number of nitrogens with zero attached hydrogens (tertiary/aromatic N) is 1. The SMILES string of the molecule is Cc1ccc(/C(=N\Nc2ccccc2)C2CCCCC2)c(N)c1. The molecular weight excluding hydrogens is 282 g/mol. The first-order valence-corrected chi connectivity index (χ1v) is 8.49. The third kappa shape index (κ3) is 3.92. The number of hydrogen-bond acceptors (Lipinski definition) is 3. The predicted molar refractivity (Wildman–Crippen MR) is 98.8 cm³/mol. The number of nitrogens with one attached hydrogen (secondary N) is 1. The van der Waals surface area contributed by atoms with Crippen LogP contribution in [0.1, 0.15) is 43.2 Å². The van der Waals surface area contributed by atoms with Crippen LogP contribution in [0.3, 0.4) is 0 Å². The van der Waals surface area contributed by atoms with E-state index in [1.807, 2.05) is 36.4 Å². The smallest absolute Gasteiger partial charge is 0.0730 e. The molecule has 2 aromatic rings. The fourth-order valence-electron chi connectivity index (χ4n) is 3.30. The number of nitrogen functional groups attached to an aromatic ring is 1. The highest BCUT2D eigenvalue weighted by Gasteiger charge is 2.22. The minimum absolute atomic E-state index is 0.491. The van der Waals surface area contributed by atoms with Crippen molar-refractivity contribution < 1.29 is 0 Å². The molecule has 1 saturated carbocycles. The van der Waals surface area contributed by atoms with Gasteiger partial charge in [-0.3, -0.25) is 5.43 Å². The number of rotatable bonds is 4. The molecule has 120 valence electrons. The van der Waals surface area contributed by atoms with Crippen molar-refractivity contribution in [2.45, 2.75) is 39.0 Å². The van der Waals surface area contributed by atoms with Crippen molar-refractivity contribution in [3.8, 4) is 0 Å². The third-order valence-electron chi connectivity index (χ3n) is 4.55. The van der Waals surface area contributed by atoms with E-state index in [4.69, 9.17) is 10.8 Å². The average Bonchev–Trinajstić information content (AvgIpc) is 2.58. The first kappa shape index (κ1) is 15.6. The summed E-state index contributed by atoms with van der Waals surface area (Å²) in [5.74, 6) is 0.491. The summed E-state index contributed by atoms with van der Waals surface area (Å²) in [6.07, 6.45) is 6.28. The Labute approximate surface area is 138 Å². The second-order valence-corrected chi connectivity index (χ2v) is 6.40. The van der Waals surface area contributed by atoms with Crippen LogP contribution in [-0.2, 0) is 0 Å². The van der Waals surface area contributed by atoms with E-state index in [-0.39, 0.29) is 0 Å². The van der Waals surface area contributed by atoms with Crippen LogP contribution in [0.5, 0.6) is 0 Å². The van der Waals surface area contributed by atoms with Gasteiger partial charge in [0.2, 0.25) is 0 Å². The van der Waals surface area contributed by atoms with Crippen LogP contribution < -0.4 is 11.2 Å². The maximum atomic E-state index is 6.29. The molecule has 0 aliphatic heterocycles. The Kier molecular flexibility index (Phi) is 4.96. The van der Waals surface area contributed by atoms with Crippen LogP contribution >= 0.6 is 0 Å². The standard InChI is InChI=1S/C20H25N3/c1-15-12-13-18(19(21)14-15)20(16-8-4-2-5-9-16)23-22-17-10-6-3-7-11-17/h3,6-7,10-14,16,22H,2,4-5,8-9,21H2,1H3/b23-20-. The van der Waals surface area contributed by atoms with Gasteiger partial charge in [0.1, 0.15) is 0 Å². The highest BCUT2D eigenvalue weighted by Crippen LogP contribution is 2.30. The van der Waals surface area contributed by atoms with Crippen molar-refractivity contribution in [2.75, 3.05) is 11.2 Å². The summed E-state index contributed by atoms with van der Waals surface area (Å²) in [7, 11) is 0. The molecule has 0 radical (unpaired) electrons. The van der Waals surface area contributed by atoms with E-state index in [2.05, 4.69) is 24.5 Å². The zero-order valence-electron chi connectivity index (χ0n) is 13.8. The van der Waals surface area contributed by atoms with E-state index < -0.39 is 0 Å². The molecule has 1 aliphatic rings. The summed E-state index contributed by atoms with van der Waals surface area (Å²) >= 11 is 0. The first-order valence-electron chi connectivity index (χ1n) is 8.49. The van der Waals surface area contributed by atoms with Gasteiger partial charge in [0.05, 0.1) is 11.4 Å². The molecule has 0 aromatic heterocycles. The molecule has 0 bridgehead atoms. The highest BCUT2D eigenvalue weighted by molar-refractivity contribution is 6.06. The molecule has 3 heteroatoms. The van der Waals surface area contributed by atoms with Crippen LogP contribution in [0.25, 0.3) is 0 Å². The van der Waals surface area contributed by atoms with E-state index in [1.165, 1.54) is 37.7 Å². The zero-order chi connectivity index (χ0) is 16.1. The molecule has 3 N–H and O–H groups in total. The second-order valence-electron chi connectivity index (χ2n) is 6.40. The van der Waals surface area contributed by atoms with Crippen LogP contribution in [0, 0.1) is 12.8 Å². The maximum Gasteiger partial charge on any atom is 0.0730 e. The minimum atomic E-state index is 0.491. The molecule has 1 fully saturated rings. The van der Waals surface area contributed by atoms with Crippen LogP contribution in [0.2, 0.25) is 0 Å². The Hall–Kier alpha value is -2.29. The van der Waals surface area contributed by atoms with Crippen molar-refractivity contribution in [3.63, 3.8) is 0 Å². The molecule has 0 amide bonds. The number of hydrazone groups is 1. The minimum Gasteiger partial charge on any atom is -0.398 e. The summed E-state index contributed by atoms with van der Waals surface area (Å²) in [6.45, 7) is 2.07. The quantitative estimate of drug-likeness (QED) is 0.476.